The maximum Gasteiger partial charge on any atom is 0.0626 e. The van der Waals surface area contributed by atoms with Crippen LogP contribution < -0.4 is 0 Å². The van der Waals surface area contributed by atoms with Gasteiger partial charge < -0.3 is 5.11 Å². The van der Waals surface area contributed by atoms with Gasteiger partial charge in [-0.3, -0.25) is 0 Å². The van der Waals surface area contributed by atoms with E-state index in [0.717, 1.165) is 5.92 Å². The second-order valence-electron chi connectivity index (χ2n) is 1.86. The zero-order valence-corrected chi connectivity index (χ0v) is 5.10. The Hall–Kier alpha value is -0.0400. The third-order valence-electron chi connectivity index (χ3n) is 0.907. The van der Waals surface area contributed by atoms with E-state index in [4.69, 9.17) is 5.11 Å². The second kappa shape index (κ2) is 3.03. The number of aliphatic hydroxyl groups is 1. The van der Waals surface area contributed by atoms with Crippen molar-refractivity contribution in [3.8, 4) is 0 Å². The molecule has 0 saturated carbocycles. The fraction of sp³-hybridized carbons (Fsp3) is 0.667. The summed E-state index contributed by atoms with van der Waals surface area (Å²) in [6.07, 6.45) is 1.45. The molecular formula is C6H12O. The Morgan fingerprint density at radius 2 is 2.00 bits per heavy atom. The van der Waals surface area contributed by atoms with Gasteiger partial charge in [-0.2, -0.15) is 0 Å². The Morgan fingerprint density at radius 3 is 2.00 bits per heavy atom. The predicted molar refractivity (Wildman–Crippen MR) is 30.6 cm³/mol. The van der Waals surface area contributed by atoms with Gasteiger partial charge in [0.1, 0.15) is 0 Å². The third-order valence-corrected chi connectivity index (χ3v) is 0.907. The van der Waals surface area contributed by atoms with E-state index in [1.807, 2.05) is 20.8 Å². The molecule has 0 rings (SSSR count). The van der Waals surface area contributed by atoms with Gasteiger partial charge in [0.25, 0.3) is 0 Å². The smallest absolute Gasteiger partial charge is 0.0626 e. The zero-order chi connectivity index (χ0) is 5.86. The fourth-order valence-corrected chi connectivity index (χ4v) is 0.333. The first-order chi connectivity index (χ1) is 3.18. The molecule has 0 heterocycles. The molecule has 0 spiro atoms. The molecule has 1 N–H and O–H groups in total. The van der Waals surface area contributed by atoms with Gasteiger partial charge >= 0.3 is 0 Å². The lowest BCUT2D eigenvalue weighted by Gasteiger charge is -2.08. The highest BCUT2D eigenvalue weighted by atomic mass is 16.3. The number of rotatable bonds is 2. The molecule has 1 atom stereocenters. The Bertz CT molecular complexity index is 41.4. The van der Waals surface area contributed by atoms with Crippen LogP contribution in [0.3, 0.4) is 0 Å². The molecule has 42 valence electrons. The van der Waals surface area contributed by atoms with Gasteiger partial charge in [-0.25, -0.2) is 0 Å². The molecule has 2 radical (unpaired) electrons. The minimum Gasteiger partial charge on any atom is -0.392 e. The van der Waals surface area contributed by atoms with Crippen LogP contribution in [0.25, 0.3) is 0 Å². The molecule has 1 nitrogen and oxygen atoms in total. The molecular weight excluding hydrogens is 88.1 g/mol. The average molecular weight is 100 g/mol. The monoisotopic (exact) mass is 100 g/mol. The van der Waals surface area contributed by atoms with E-state index < -0.39 is 0 Å². The summed E-state index contributed by atoms with van der Waals surface area (Å²) < 4.78 is 0. The van der Waals surface area contributed by atoms with Crippen molar-refractivity contribution in [1.82, 2.24) is 0 Å². The van der Waals surface area contributed by atoms with Crippen molar-refractivity contribution in [1.29, 1.82) is 0 Å². The van der Waals surface area contributed by atoms with Gasteiger partial charge in [-0.05, 0) is 12.3 Å². The van der Waals surface area contributed by atoms with E-state index in [9.17, 15) is 0 Å². The first kappa shape index (κ1) is 6.96. The second-order valence-corrected chi connectivity index (χ2v) is 1.86. The van der Waals surface area contributed by atoms with Crippen LogP contribution in [0.4, 0.5) is 0 Å². The van der Waals surface area contributed by atoms with E-state index in [1.165, 1.54) is 0 Å². The molecule has 0 saturated heterocycles. The lowest BCUT2D eigenvalue weighted by Crippen LogP contribution is -2.10. The Labute approximate surface area is 45.4 Å². The van der Waals surface area contributed by atoms with E-state index in [1.54, 1.807) is 6.42 Å². The van der Waals surface area contributed by atoms with Gasteiger partial charge in [0, 0.05) is 0 Å². The standard InChI is InChI=1S/C6H12O/c1-4-6(7)5(2)3/h4,6-7H,1-3H3. The van der Waals surface area contributed by atoms with Crippen molar-refractivity contribution in [2.45, 2.75) is 26.9 Å². The van der Waals surface area contributed by atoms with Crippen LogP contribution >= 0.6 is 0 Å². The molecule has 0 aliphatic rings. The van der Waals surface area contributed by atoms with Crippen LogP contribution in [-0.2, 0) is 0 Å². The van der Waals surface area contributed by atoms with Crippen LogP contribution in [-0.4, -0.2) is 11.2 Å². The predicted octanol–water partition coefficient (Wildman–Crippen LogP) is 1.19. The minimum absolute atomic E-state index is 0.306. The van der Waals surface area contributed by atoms with Crippen molar-refractivity contribution in [3.63, 3.8) is 0 Å². The summed E-state index contributed by atoms with van der Waals surface area (Å²) in [7, 11) is 0. The number of aliphatic hydroxyl groups excluding tert-OH is 1. The summed E-state index contributed by atoms with van der Waals surface area (Å²) in [4.78, 5) is 0. The highest BCUT2D eigenvalue weighted by molar-refractivity contribution is 4.93. The highest BCUT2D eigenvalue weighted by Crippen LogP contribution is 2.04. The van der Waals surface area contributed by atoms with Crippen LogP contribution in [0.2, 0.25) is 0 Å². The zero-order valence-electron chi connectivity index (χ0n) is 5.10. The SMILES string of the molecule is C[CH]C(O)[C](C)C. The Balaban J connectivity index is 3.14. The quantitative estimate of drug-likeness (QED) is 0.552. The van der Waals surface area contributed by atoms with Crippen molar-refractivity contribution in [2.24, 2.45) is 0 Å². The topological polar surface area (TPSA) is 20.2 Å². The summed E-state index contributed by atoms with van der Waals surface area (Å²) in [6, 6.07) is 0. The fourth-order valence-electron chi connectivity index (χ4n) is 0.333. The average Bonchev–Trinajstić information content (AvgIpc) is 1.65. The molecule has 0 aromatic heterocycles. The van der Waals surface area contributed by atoms with Crippen LogP contribution in [0.1, 0.15) is 20.8 Å². The molecule has 0 amide bonds. The summed E-state index contributed by atoms with van der Waals surface area (Å²) >= 11 is 0. The van der Waals surface area contributed by atoms with Gasteiger partial charge in [0.2, 0.25) is 0 Å². The van der Waals surface area contributed by atoms with E-state index in [-0.39, 0.29) is 6.10 Å². The highest BCUT2D eigenvalue weighted by Gasteiger charge is 2.04. The third kappa shape index (κ3) is 2.63. The van der Waals surface area contributed by atoms with Crippen molar-refractivity contribution >= 4 is 0 Å². The van der Waals surface area contributed by atoms with Crippen LogP contribution in [0.5, 0.6) is 0 Å². The van der Waals surface area contributed by atoms with Crippen molar-refractivity contribution in [2.75, 3.05) is 0 Å². The first-order valence-electron chi connectivity index (χ1n) is 2.46. The van der Waals surface area contributed by atoms with E-state index in [2.05, 4.69) is 0 Å². The molecule has 0 bridgehead atoms. The molecule has 7 heavy (non-hydrogen) atoms. The van der Waals surface area contributed by atoms with Gasteiger partial charge in [0.05, 0.1) is 6.10 Å². The molecule has 0 aromatic rings. The molecule has 0 aliphatic heterocycles. The summed E-state index contributed by atoms with van der Waals surface area (Å²) in [5, 5.41) is 8.84. The van der Waals surface area contributed by atoms with E-state index >= 15 is 0 Å². The first-order valence-corrected chi connectivity index (χ1v) is 2.46. The molecule has 0 aliphatic carbocycles. The van der Waals surface area contributed by atoms with Gasteiger partial charge in [-0.1, -0.05) is 20.8 Å². The molecule has 1 heteroatoms. The lowest BCUT2D eigenvalue weighted by atomic mass is 10.1. The number of hydrogen-bond acceptors (Lipinski definition) is 1. The summed E-state index contributed by atoms with van der Waals surface area (Å²) in [5.74, 6) is 1.04. The maximum atomic E-state index is 8.84. The number of hydrogen-bond donors (Lipinski definition) is 1. The van der Waals surface area contributed by atoms with Gasteiger partial charge in [-0.15, -0.1) is 0 Å². The van der Waals surface area contributed by atoms with Gasteiger partial charge in [0.15, 0.2) is 0 Å². The molecule has 0 aromatic carbocycles. The van der Waals surface area contributed by atoms with Crippen LogP contribution in [0.15, 0.2) is 0 Å². The lowest BCUT2D eigenvalue weighted by molar-refractivity contribution is 0.221. The molecule has 0 fully saturated rings. The summed E-state index contributed by atoms with van der Waals surface area (Å²) in [5.41, 5.74) is 0. The minimum atomic E-state index is -0.306. The van der Waals surface area contributed by atoms with Crippen LogP contribution in [0, 0.1) is 12.3 Å². The Kier molecular flexibility index (Phi) is 3.01. The maximum absolute atomic E-state index is 8.84. The molecule has 1 unspecified atom stereocenters. The van der Waals surface area contributed by atoms with E-state index in [0.29, 0.717) is 0 Å². The summed E-state index contributed by atoms with van der Waals surface area (Å²) in [6.45, 7) is 5.66. The van der Waals surface area contributed by atoms with Crippen molar-refractivity contribution in [3.05, 3.63) is 12.3 Å². The normalized spacial score (nSPS) is 15.0. The van der Waals surface area contributed by atoms with Crippen molar-refractivity contribution < 1.29 is 5.11 Å². The largest absolute Gasteiger partial charge is 0.392 e. The Morgan fingerprint density at radius 1 is 1.57 bits per heavy atom.